The van der Waals surface area contributed by atoms with Crippen LogP contribution < -0.4 is 11.3 Å². The molecule has 0 aliphatic rings. The lowest BCUT2D eigenvalue weighted by atomic mass is 9.96. The molecule has 21 heavy (non-hydrogen) atoms. The van der Waals surface area contributed by atoms with E-state index >= 15 is 0 Å². The van der Waals surface area contributed by atoms with Gasteiger partial charge < -0.3 is 5.73 Å². The molecule has 0 unspecified atom stereocenters. The van der Waals surface area contributed by atoms with E-state index in [0.717, 1.165) is 17.7 Å². The number of aromatic nitrogens is 2. The second kappa shape index (κ2) is 6.00. The third-order valence-corrected chi connectivity index (χ3v) is 3.50. The van der Waals surface area contributed by atoms with Gasteiger partial charge in [-0.1, -0.05) is 30.7 Å². The van der Waals surface area contributed by atoms with Crippen molar-refractivity contribution in [2.75, 3.05) is 0 Å². The highest BCUT2D eigenvalue weighted by molar-refractivity contribution is 6.30. The first-order valence-corrected chi connectivity index (χ1v) is 7.38. The van der Waals surface area contributed by atoms with Crippen molar-refractivity contribution in [1.82, 2.24) is 9.78 Å². The maximum absolute atomic E-state index is 12.4. The summed E-state index contributed by atoms with van der Waals surface area (Å²) >= 11 is 5.91. The number of benzene rings is 1. The van der Waals surface area contributed by atoms with Crippen LogP contribution in [0.4, 0.5) is 0 Å². The smallest absolute Gasteiger partial charge is 0.271 e. The second-order valence-electron chi connectivity index (χ2n) is 5.70. The third kappa shape index (κ3) is 3.52. The van der Waals surface area contributed by atoms with E-state index in [4.69, 9.17) is 17.3 Å². The maximum atomic E-state index is 12.4. The quantitative estimate of drug-likeness (QED) is 0.944. The van der Waals surface area contributed by atoms with Crippen molar-refractivity contribution in [2.45, 2.75) is 39.3 Å². The Morgan fingerprint density at radius 3 is 2.43 bits per heavy atom. The van der Waals surface area contributed by atoms with Gasteiger partial charge in [-0.3, -0.25) is 4.79 Å². The summed E-state index contributed by atoms with van der Waals surface area (Å²) < 4.78 is 1.49. The van der Waals surface area contributed by atoms with Crippen molar-refractivity contribution in [3.63, 3.8) is 0 Å². The normalized spacial score (nSPS) is 11.7. The van der Waals surface area contributed by atoms with Crippen LogP contribution in [0.1, 0.15) is 32.8 Å². The fourth-order valence-electron chi connectivity index (χ4n) is 2.13. The van der Waals surface area contributed by atoms with Crippen LogP contribution in [0.25, 0.3) is 11.3 Å². The van der Waals surface area contributed by atoms with Gasteiger partial charge in [-0.05, 0) is 38.5 Å². The van der Waals surface area contributed by atoms with Gasteiger partial charge >= 0.3 is 0 Å². The Morgan fingerprint density at radius 2 is 1.90 bits per heavy atom. The minimum Gasteiger partial charge on any atom is -0.322 e. The van der Waals surface area contributed by atoms with E-state index in [1.165, 1.54) is 4.68 Å². The van der Waals surface area contributed by atoms with Gasteiger partial charge in [-0.25, -0.2) is 4.68 Å². The standard InChI is InChI=1S/C16H20ClN3O/c1-4-9-20-15(21)13(16(2,3)18)10-14(19-20)11-5-7-12(17)8-6-11/h5-8,10H,4,9,18H2,1-3H3. The number of halogens is 1. The summed E-state index contributed by atoms with van der Waals surface area (Å²) in [5.41, 5.74) is 7.50. The molecule has 0 aliphatic heterocycles. The number of nitrogens with two attached hydrogens (primary N) is 1. The molecule has 0 aliphatic carbocycles. The molecule has 112 valence electrons. The zero-order valence-electron chi connectivity index (χ0n) is 12.6. The van der Waals surface area contributed by atoms with E-state index in [-0.39, 0.29) is 5.56 Å². The Kier molecular flexibility index (Phi) is 4.49. The number of nitrogens with zero attached hydrogens (tertiary/aromatic N) is 2. The molecule has 2 rings (SSSR count). The molecule has 0 saturated heterocycles. The molecule has 0 radical (unpaired) electrons. The van der Waals surface area contributed by atoms with Crippen LogP contribution in [0.5, 0.6) is 0 Å². The minimum atomic E-state index is -0.712. The van der Waals surface area contributed by atoms with E-state index in [1.54, 1.807) is 18.2 Å². The first-order chi connectivity index (χ1) is 9.82. The lowest BCUT2D eigenvalue weighted by Gasteiger charge is -2.20. The van der Waals surface area contributed by atoms with Gasteiger partial charge in [0.15, 0.2) is 0 Å². The monoisotopic (exact) mass is 305 g/mol. The third-order valence-electron chi connectivity index (χ3n) is 3.24. The molecule has 0 spiro atoms. The molecule has 0 saturated carbocycles. The van der Waals surface area contributed by atoms with Crippen molar-refractivity contribution in [3.05, 3.63) is 51.3 Å². The van der Waals surface area contributed by atoms with Crippen molar-refractivity contribution in [3.8, 4) is 11.3 Å². The van der Waals surface area contributed by atoms with Crippen LogP contribution in [-0.4, -0.2) is 9.78 Å². The summed E-state index contributed by atoms with van der Waals surface area (Å²) in [6, 6.07) is 9.16. The van der Waals surface area contributed by atoms with Crippen LogP contribution in [0, 0.1) is 0 Å². The number of hydrogen-bond acceptors (Lipinski definition) is 3. The summed E-state index contributed by atoms with van der Waals surface area (Å²) in [5, 5.41) is 5.11. The van der Waals surface area contributed by atoms with Gasteiger partial charge in [0.2, 0.25) is 0 Å². The molecule has 0 amide bonds. The predicted octanol–water partition coefficient (Wildman–Crippen LogP) is 3.17. The van der Waals surface area contributed by atoms with E-state index in [0.29, 0.717) is 17.1 Å². The molecule has 4 nitrogen and oxygen atoms in total. The summed E-state index contributed by atoms with van der Waals surface area (Å²) in [5.74, 6) is 0. The highest BCUT2D eigenvalue weighted by Crippen LogP contribution is 2.22. The molecule has 1 aromatic heterocycles. The Labute approximate surface area is 129 Å². The Balaban J connectivity index is 2.64. The topological polar surface area (TPSA) is 60.9 Å². The number of rotatable bonds is 4. The van der Waals surface area contributed by atoms with Crippen molar-refractivity contribution < 1.29 is 0 Å². The van der Waals surface area contributed by atoms with Gasteiger partial charge in [0.1, 0.15) is 0 Å². The molecule has 0 atom stereocenters. The zero-order valence-corrected chi connectivity index (χ0v) is 13.3. The molecule has 2 aromatic rings. The van der Waals surface area contributed by atoms with E-state index in [9.17, 15) is 4.79 Å². The van der Waals surface area contributed by atoms with Crippen LogP contribution in [0.15, 0.2) is 35.1 Å². The summed E-state index contributed by atoms with van der Waals surface area (Å²) in [4.78, 5) is 12.4. The summed E-state index contributed by atoms with van der Waals surface area (Å²) in [6.07, 6.45) is 0.835. The van der Waals surface area contributed by atoms with Crippen molar-refractivity contribution >= 4 is 11.6 Å². The van der Waals surface area contributed by atoms with Gasteiger partial charge in [0.05, 0.1) is 5.69 Å². The largest absolute Gasteiger partial charge is 0.322 e. The molecular formula is C16H20ClN3O. The van der Waals surface area contributed by atoms with Gasteiger partial charge in [0.25, 0.3) is 5.56 Å². The van der Waals surface area contributed by atoms with Crippen LogP contribution in [0.3, 0.4) is 0 Å². The maximum Gasteiger partial charge on any atom is 0.271 e. The Morgan fingerprint density at radius 1 is 1.29 bits per heavy atom. The SMILES string of the molecule is CCCn1nc(-c2ccc(Cl)cc2)cc(C(C)(C)N)c1=O. The minimum absolute atomic E-state index is 0.123. The first-order valence-electron chi connectivity index (χ1n) is 7.00. The number of aryl methyl sites for hydroxylation is 1. The summed E-state index contributed by atoms with van der Waals surface area (Å²) in [7, 11) is 0. The Bertz CT molecular complexity index is 684. The lowest BCUT2D eigenvalue weighted by molar-refractivity contribution is 0.507. The van der Waals surface area contributed by atoms with Crippen LogP contribution >= 0.6 is 11.6 Å². The van der Waals surface area contributed by atoms with Crippen molar-refractivity contribution in [1.29, 1.82) is 0 Å². The highest BCUT2D eigenvalue weighted by Gasteiger charge is 2.21. The molecule has 0 bridgehead atoms. The fraction of sp³-hybridized carbons (Fsp3) is 0.375. The molecular weight excluding hydrogens is 286 g/mol. The Hall–Kier alpha value is -1.65. The van der Waals surface area contributed by atoms with Crippen molar-refractivity contribution in [2.24, 2.45) is 5.73 Å². The van der Waals surface area contributed by atoms with E-state index in [2.05, 4.69) is 5.10 Å². The van der Waals surface area contributed by atoms with Gasteiger partial charge in [-0.15, -0.1) is 0 Å². The number of hydrogen-bond donors (Lipinski definition) is 1. The molecule has 1 heterocycles. The molecule has 0 fully saturated rings. The summed E-state index contributed by atoms with van der Waals surface area (Å²) in [6.45, 7) is 6.23. The van der Waals surface area contributed by atoms with Gasteiger partial charge in [-0.2, -0.15) is 5.10 Å². The van der Waals surface area contributed by atoms with Gasteiger partial charge in [0, 0.05) is 28.2 Å². The first kappa shape index (κ1) is 15.7. The average molecular weight is 306 g/mol. The average Bonchev–Trinajstić information content (AvgIpc) is 2.41. The molecule has 5 heteroatoms. The second-order valence-corrected chi connectivity index (χ2v) is 6.14. The van der Waals surface area contributed by atoms with Crippen LogP contribution in [0.2, 0.25) is 5.02 Å². The zero-order chi connectivity index (χ0) is 15.6. The highest BCUT2D eigenvalue weighted by atomic mass is 35.5. The van der Waals surface area contributed by atoms with E-state index in [1.807, 2.05) is 32.9 Å². The molecule has 2 N–H and O–H groups in total. The van der Waals surface area contributed by atoms with E-state index < -0.39 is 5.54 Å². The van der Waals surface area contributed by atoms with Crippen LogP contribution in [-0.2, 0) is 12.1 Å². The predicted molar refractivity (Wildman–Crippen MR) is 86.4 cm³/mol. The fourth-order valence-corrected chi connectivity index (χ4v) is 2.25. The lowest BCUT2D eigenvalue weighted by Crippen LogP contribution is -2.39. The molecule has 1 aromatic carbocycles.